The van der Waals surface area contributed by atoms with E-state index in [4.69, 9.17) is 0 Å². The van der Waals surface area contributed by atoms with Crippen molar-refractivity contribution < 1.29 is 0 Å². The Labute approximate surface area is 199 Å². The van der Waals surface area contributed by atoms with Gasteiger partial charge in [0, 0.05) is 35.9 Å². The molecule has 3 atom stereocenters. The van der Waals surface area contributed by atoms with Gasteiger partial charge in [0.1, 0.15) is 0 Å². The van der Waals surface area contributed by atoms with Crippen LogP contribution in [0.3, 0.4) is 0 Å². The molecule has 1 N–H and O–H groups in total. The van der Waals surface area contributed by atoms with Crippen LogP contribution in [-0.4, -0.2) is 34.7 Å². The molecule has 8 heteroatoms. The Morgan fingerprint density at radius 2 is 1.91 bits per heavy atom. The highest BCUT2D eigenvalue weighted by molar-refractivity contribution is 5.81. The molecule has 0 radical (unpaired) electrons. The van der Waals surface area contributed by atoms with E-state index in [9.17, 15) is 4.79 Å². The minimum absolute atomic E-state index is 0.0847. The number of hydrogen-bond acceptors (Lipinski definition) is 5. The monoisotopic (exact) mass is 457 g/mol. The van der Waals surface area contributed by atoms with Crippen LogP contribution in [0.4, 0.5) is 0 Å². The molecule has 3 heterocycles. The van der Waals surface area contributed by atoms with Gasteiger partial charge < -0.3 is 0 Å². The zero-order valence-corrected chi connectivity index (χ0v) is 20.0. The highest BCUT2D eigenvalue weighted by atomic mass is 16.1. The third-order valence-electron chi connectivity index (χ3n) is 7.23. The minimum atomic E-state index is 0.0847. The average Bonchev–Trinajstić information content (AvgIpc) is 3.18. The second-order valence-electron chi connectivity index (χ2n) is 9.25. The first-order valence-corrected chi connectivity index (χ1v) is 12.2. The SMILES string of the molecule is CCCCc1cn(C2C(C)C2CC)c(=O)n1Cc1cnccc1-c1ccccc1-c1nnn[nH]1. The first-order valence-electron chi connectivity index (χ1n) is 12.2. The van der Waals surface area contributed by atoms with Crippen LogP contribution >= 0.6 is 0 Å². The smallest absolute Gasteiger partial charge is 0.295 e. The molecule has 1 aliphatic rings. The normalized spacial score (nSPS) is 19.4. The largest absolute Gasteiger partial charge is 0.328 e. The molecule has 8 nitrogen and oxygen atoms in total. The fourth-order valence-electron chi connectivity index (χ4n) is 5.27. The van der Waals surface area contributed by atoms with E-state index in [0.29, 0.717) is 30.2 Å². The molecule has 0 aliphatic heterocycles. The molecule has 4 aromatic rings. The van der Waals surface area contributed by atoms with Crippen molar-refractivity contribution in [2.75, 3.05) is 0 Å². The Kier molecular flexibility index (Phi) is 6.13. The molecule has 0 spiro atoms. The van der Waals surface area contributed by atoms with Gasteiger partial charge in [-0.1, -0.05) is 57.9 Å². The first-order chi connectivity index (χ1) is 16.6. The summed E-state index contributed by atoms with van der Waals surface area (Å²) in [6.07, 6.45) is 9.92. The number of unbranched alkanes of at least 4 members (excludes halogenated alkanes) is 1. The van der Waals surface area contributed by atoms with Gasteiger partial charge in [0.2, 0.25) is 0 Å². The maximum atomic E-state index is 13.6. The Hall–Kier alpha value is -3.55. The zero-order valence-electron chi connectivity index (χ0n) is 20.0. The van der Waals surface area contributed by atoms with Gasteiger partial charge in [0.25, 0.3) is 0 Å². The summed E-state index contributed by atoms with van der Waals surface area (Å²) < 4.78 is 3.94. The molecule has 0 amide bonds. The average molecular weight is 458 g/mol. The Morgan fingerprint density at radius 1 is 1.09 bits per heavy atom. The number of nitrogens with zero attached hydrogens (tertiary/aromatic N) is 6. The van der Waals surface area contributed by atoms with Crippen LogP contribution < -0.4 is 5.69 Å². The lowest BCUT2D eigenvalue weighted by atomic mass is 9.96. The van der Waals surface area contributed by atoms with Crippen LogP contribution in [0, 0.1) is 11.8 Å². The highest BCUT2D eigenvalue weighted by Crippen LogP contribution is 2.51. The van der Waals surface area contributed by atoms with E-state index in [1.165, 1.54) is 0 Å². The lowest BCUT2D eigenvalue weighted by Crippen LogP contribution is -2.26. The van der Waals surface area contributed by atoms with E-state index in [1.54, 1.807) is 6.20 Å². The third-order valence-corrected chi connectivity index (χ3v) is 7.23. The molecule has 34 heavy (non-hydrogen) atoms. The van der Waals surface area contributed by atoms with E-state index in [1.807, 2.05) is 39.6 Å². The van der Waals surface area contributed by atoms with Crippen LogP contribution in [0.1, 0.15) is 57.3 Å². The summed E-state index contributed by atoms with van der Waals surface area (Å²) in [6, 6.07) is 10.3. The van der Waals surface area contributed by atoms with E-state index >= 15 is 0 Å². The predicted octanol–water partition coefficient (Wildman–Crippen LogP) is 4.50. The number of rotatable bonds is 9. The van der Waals surface area contributed by atoms with E-state index in [-0.39, 0.29) is 5.69 Å². The molecule has 1 aromatic carbocycles. The summed E-state index contributed by atoms with van der Waals surface area (Å²) in [4.78, 5) is 18.0. The molecule has 5 rings (SSSR count). The summed E-state index contributed by atoms with van der Waals surface area (Å²) >= 11 is 0. The number of hydrogen-bond donors (Lipinski definition) is 1. The van der Waals surface area contributed by atoms with Crippen molar-refractivity contribution in [3.63, 3.8) is 0 Å². The number of H-pyrrole nitrogens is 1. The van der Waals surface area contributed by atoms with Gasteiger partial charge in [0.15, 0.2) is 5.82 Å². The summed E-state index contributed by atoms with van der Waals surface area (Å²) in [7, 11) is 0. The number of imidazole rings is 1. The minimum Gasteiger partial charge on any atom is -0.295 e. The van der Waals surface area contributed by atoms with Crippen LogP contribution in [0.15, 0.2) is 53.7 Å². The fraction of sp³-hybridized carbons (Fsp3) is 0.423. The first kappa shape index (κ1) is 22.3. The third kappa shape index (κ3) is 3.97. The van der Waals surface area contributed by atoms with Crippen molar-refractivity contribution in [1.82, 2.24) is 34.7 Å². The quantitative estimate of drug-likeness (QED) is 0.399. The van der Waals surface area contributed by atoms with Gasteiger partial charge in [-0.2, -0.15) is 0 Å². The topological polar surface area (TPSA) is 94.3 Å². The van der Waals surface area contributed by atoms with E-state index in [0.717, 1.165) is 53.6 Å². The van der Waals surface area contributed by atoms with Crippen LogP contribution in [-0.2, 0) is 13.0 Å². The molecule has 1 aliphatic carbocycles. The Bertz CT molecular complexity index is 1320. The summed E-state index contributed by atoms with van der Waals surface area (Å²) in [5.74, 6) is 1.75. The summed E-state index contributed by atoms with van der Waals surface area (Å²) in [5, 5.41) is 14.4. The van der Waals surface area contributed by atoms with Crippen molar-refractivity contribution in [3.05, 3.63) is 70.7 Å². The summed E-state index contributed by atoms with van der Waals surface area (Å²) in [6.45, 7) is 7.13. The zero-order chi connectivity index (χ0) is 23.7. The van der Waals surface area contributed by atoms with Gasteiger partial charge in [-0.25, -0.2) is 9.89 Å². The molecule has 3 unspecified atom stereocenters. The van der Waals surface area contributed by atoms with E-state index in [2.05, 4.69) is 58.6 Å². The van der Waals surface area contributed by atoms with Crippen LogP contribution in [0.2, 0.25) is 0 Å². The number of aromatic nitrogens is 7. The van der Waals surface area contributed by atoms with Crippen molar-refractivity contribution >= 4 is 0 Å². The molecule has 3 aromatic heterocycles. The maximum Gasteiger partial charge on any atom is 0.328 e. The number of aryl methyl sites for hydroxylation is 1. The molecule has 0 saturated heterocycles. The lowest BCUT2D eigenvalue weighted by Gasteiger charge is -2.14. The fourth-order valence-corrected chi connectivity index (χ4v) is 5.27. The Morgan fingerprint density at radius 3 is 2.62 bits per heavy atom. The lowest BCUT2D eigenvalue weighted by molar-refractivity contribution is 0.594. The van der Waals surface area contributed by atoms with Gasteiger partial charge >= 0.3 is 5.69 Å². The van der Waals surface area contributed by atoms with E-state index < -0.39 is 0 Å². The standard InChI is InChI=1S/C26H31N7O/c1-4-6-9-19-16-33(24-17(3)20(24)5-2)26(34)32(19)15-18-14-27-13-12-21(18)22-10-7-8-11-23(22)25-28-30-31-29-25/h7-8,10-14,16-17,20,24H,4-6,9,15H2,1-3H3,(H,28,29,30,31). The number of aromatic amines is 1. The number of tetrazole rings is 1. The van der Waals surface area contributed by atoms with Crippen molar-refractivity contribution in [3.8, 4) is 22.5 Å². The number of pyridine rings is 1. The predicted molar refractivity (Wildman–Crippen MR) is 131 cm³/mol. The maximum absolute atomic E-state index is 13.6. The van der Waals surface area contributed by atoms with Crippen LogP contribution in [0.25, 0.3) is 22.5 Å². The van der Waals surface area contributed by atoms with Gasteiger partial charge in [-0.3, -0.25) is 14.1 Å². The van der Waals surface area contributed by atoms with Crippen molar-refractivity contribution in [1.29, 1.82) is 0 Å². The molecular weight excluding hydrogens is 426 g/mol. The molecular formula is C26H31N7O. The van der Waals surface area contributed by atoms with Gasteiger partial charge in [-0.15, -0.1) is 5.10 Å². The Balaban J connectivity index is 1.56. The van der Waals surface area contributed by atoms with Crippen molar-refractivity contribution in [2.45, 2.75) is 59.0 Å². The molecule has 0 bridgehead atoms. The molecule has 1 fully saturated rings. The number of nitrogens with one attached hydrogen (secondary N) is 1. The molecule has 176 valence electrons. The number of benzene rings is 1. The highest BCUT2D eigenvalue weighted by Gasteiger charge is 2.47. The van der Waals surface area contributed by atoms with Crippen molar-refractivity contribution in [2.24, 2.45) is 11.8 Å². The second-order valence-corrected chi connectivity index (χ2v) is 9.25. The van der Waals surface area contributed by atoms with Gasteiger partial charge in [0.05, 0.1) is 6.54 Å². The summed E-state index contributed by atoms with van der Waals surface area (Å²) in [5.41, 5.74) is 5.12. The van der Waals surface area contributed by atoms with Gasteiger partial charge in [-0.05, 0) is 57.9 Å². The second kappa shape index (κ2) is 9.37. The molecule has 1 saturated carbocycles. The van der Waals surface area contributed by atoms with Crippen LogP contribution in [0.5, 0.6) is 0 Å².